The van der Waals surface area contributed by atoms with Gasteiger partial charge >= 0.3 is 54.0 Å². The second-order valence-electron chi connectivity index (χ2n) is 30.2. The summed E-state index contributed by atoms with van der Waals surface area (Å²) in [7, 11) is 4.49. The number of carboxylic acids is 4. The highest BCUT2D eigenvalue weighted by molar-refractivity contribution is 8.76. The number of likely N-dealkylation sites (N-methyl/N-ethyl adjacent to an activating group) is 1. The van der Waals surface area contributed by atoms with Crippen molar-refractivity contribution in [2.45, 2.75) is 225 Å². The van der Waals surface area contributed by atoms with Gasteiger partial charge in [-0.2, -0.15) is 0 Å². The number of nitrogens with zero attached hydrogens (tertiary/aromatic N) is 3. The minimum Gasteiger partial charge on any atom is -0.508 e. The number of phenolic OH excluding ortho intramolecular Hbond substituents is 1. The van der Waals surface area contributed by atoms with Gasteiger partial charge in [-0.05, 0) is 126 Å². The molecule has 1 aliphatic heterocycles. The van der Waals surface area contributed by atoms with E-state index in [2.05, 4.69) is 64.9 Å². The molecular weight excluding hydrogens is 1670 g/mol. The molecule has 0 saturated carbocycles. The lowest BCUT2D eigenvalue weighted by molar-refractivity contribution is -0.158. The lowest BCUT2D eigenvalue weighted by Gasteiger charge is -2.38. The first-order chi connectivity index (χ1) is 58.9. The van der Waals surface area contributed by atoms with E-state index in [4.69, 9.17) is 19.3 Å². The Balaban J connectivity index is 1.10. The number of amides is 12. The second kappa shape index (κ2) is 54.1. The van der Waals surface area contributed by atoms with Crippen molar-refractivity contribution in [1.82, 2.24) is 73.5 Å². The number of rotatable bonds is 53. The molecule has 38 nitrogen and oxygen atoms in total. The molecule has 1 fully saturated rings. The number of phenols is 1. The van der Waals surface area contributed by atoms with Gasteiger partial charge in [-0.25, -0.2) is 34.4 Å². The fourth-order valence-electron chi connectivity index (χ4n) is 12.9. The lowest BCUT2D eigenvalue weighted by atomic mass is 9.94. The van der Waals surface area contributed by atoms with Crippen LogP contribution in [-0.4, -0.2) is 235 Å². The number of aromatic nitrogens is 1. The van der Waals surface area contributed by atoms with Crippen LogP contribution in [0.1, 0.15) is 182 Å². The number of benzene rings is 3. The third kappa shape index (κ3) is 38.0. The quantitative estimate of drug-likeness (QED) is 0.00464. The van der Waals surface area contributed by atoms with Crippen LogP contribution in [0.25, 0.3) is 0 Å². The van der Waals surface area contributed by atoms with Crippen molar-refractivity contribution in [2.75, 3.05) is 45.0 Å². The zero-order valence-corrected chi connectivity index (χ0v) is 73.2. The van der Waals surface area contributed by atoms with E-state index in [1.165, 1.54) is 50.9 Å². The second-order valence-corrected chi connectivity index (χ2v) is 33.7. The van der Waals surface area contributed by atoms with Gasteiger partial charge in [0, 0.05) is 80.6 Å². The topological polar surface area (TPSA) is 554 Å². The zero-order valence-electron chi connectivity index (χ0n) is 70.7. The molecule has 12 amide bonds. The van der Waals surface area contributed by atoms with Crippen molar-refractivity contribution in [3.8, 4) is 5.75 Å². The van der Waals surface area contributed by atoms with Crippen LogP contribution in [-0.2, 0) is 97.6 Å². The Morgan fingerprint density at radius 2 is 1.31 bits per heavy atom. The summed E-state index contributed by atoms with van der Waals surface area (Å²) in [5.74, 6) is -12.0. The van der Waals surface area contributed by atoms with Crippen LogP contribution in [0.5, 0.6) is 5.75 Å². The number of thiazole rings is 1. The molecular formula is C83H116N14O24S3. The van der Waals surface area contributed by atoms with Gasteiger partial charge in [-0.3, -0.25) is 63.1 Å². The number of likely N-dealkylation sites (tertiary alicyclic amines) is 1. The van der Waals surface area contributed by atoms with Gasteiger partial charge in [0.1, 0.15) is 53.3 Å². The lowest BCUT2D eigenvalue weighted by Crippen LogP contribution is -2.58. The van der Waals surface area contributed by atoms with Gasteiger partial charge in [0.25, 0.3) is 5.91 Å². The number of aromatic hydroxyl groups is 1. The Labute approximate surface area is 730 Å². The maximum absolute atomic E-state index is 15.0. The molecule has 2 heterocycles. The zero-order chi connectivity index (χ0) is 91.5. The number of ether oxygens (including phenoxy) is 3. The van der Waals surface area contributed by atoms with Crippen LogP contribution in [0.15, 0.2) is 96.4 Å². The molecule has 1 saturated heterocycles. The molecule has 16 N–H and O–H groups in total. The predicted molar refractivity (Wildman–Crippen MR) is 458 cm³/mol. The monoisotopic (exact) mass is 1790 g/mol. The van der Waals surface area contributed by atoms with E-state index in [-0.39, 0.29) is 105 Å². The number of nitrogens with one attached hydrogen (secondary N) is 11. The van der Waals surface area contributed by atoms with Gasteiger partial charge in [0.2, 0.25) is 35.4 Å². The summed E-state index contributed by atoms with van der Waals surface area (Å²) in [6, 6.07) is 10.1. The number of carboxylic acid groups (broad SMARTS) is 4. The maximum Gasteiger partial charge on any atom is 0.426 e. The maximum atomic E-state index is 15.0. The van der Waals surface area contributed by atoms with Gasteiger partial charge in [0.05, 0.1) is 24.9 Å². The normalized spacial score (nSPS) is 15.1. The number of carbonyl (C=O) groups excluding carboxylic acids is 12. The molecule has 4 aromatic rings. The summed E-state index contributed by atoms with van der Waals surface area (Å²) in [5, 5.41) is 72.6. The van der Waals surface area contributed by atoms with Crippen LogP contribution >= 0.6 is 32.9 Å². The van der Waals surface area contributed by atoms with E-state index in [9.17, 15) is 92.3 Å². The first kappa shape index (κ1) is 103. The molecule has 3 aromatic carbocycles. The molecule has 0 bridgehead atoms. The van der Waals surface area contributed by atoms with E-state index in [0.717, 1.165) is 24.2 Å². The van der Waals surface area contributed by atoms with Gasteiger partial charge in [-0.1, -0.05) is 141 Å². The number of hydrazine groups is 1. The highest BCUT2D eigenvalue weighted by Crippen LogP contribution is 2.32. The fraction of sp³-hybridized carbons (Fsp3) is 0.530. The minimum atomic E-state index is -1.61. The Bertz CT molecular complexity index is 4260. The smallest absolute Gasteiger partial charge is 0.426 e. The van der Waals surface area contributed by atoms with Crippen LogP contribution < -0.4 is 58.7 Å². The van der Waals surface area contributed by atoms with E-state index >= 15 is 4.79 Å². The Hall–Kier alpha value is -11.6. The average molecular weight is 1790 g/mol. The highest BCUT2D eigenvalue weighted by Gasteiger charge is 2.40. The molecule has 1 unspecified atom stereocenters. The molecule has 5 rings (SSSR count). The van der Waals surface area contributed by atoms with Gasteiger partial charge in [0.15, 0.2) is 12.8 Å². The summed E-state index contributed by atoms with van der Waals surface area (Å²) < 4.78 is 16.8. The number of unbranched alkanes of at least 4 members (excludes halogenated alkanes) is 1. The van der Waals surface area contributed by atoms with E-state index in [1.54, 1.807) is 94.4 Å². The van der Waals surface area contributed by atoms with E-state index < -0.39 is 182 Å². The number of aliphatic carboxylic acids is 4. The van der Waals surface area contributed by atoms with Crippen LogP contribution in [0.3, 0.4) is 0 Å². The molecule has 41 heteroatoms. The number of carbonyl (C=O) groups is 16. The number of piperidine rings is 1. The minimum absolute atomic E-state index is 0.00711. The number of hydrogen-bond acceptors (Lipinski definition) is 25. The Morgan fingerprint density at radius 3 is 1.94 bits per heavy atom. The van der Waals surface area contributed by atoms with Gasteiger partial charge < -0.3 is 92.5 Å². The molecule has 0 radical (unpaired) electrons. The first-order valence-electron chi connectivity index (χ1n) is 40.7. The third-order valence-electron chi connectivity index (χ3n) is 19.8. The molecule has 124 heavy (non-hydrogen) atoms. The molecule has 0 spiro atoms. The summed E-state index contributed by atoms with van der Waals surface area (Å²) in [6.07, 6.45) is -0.397. The van der Waals surface area contributed by atoms with Crippen molar-refractivity contribution >= 4 is 128 Å². The molecule has 12 atom stereocenters. The molecule has 1 aromatic heterocycles. The summed E-state index contributed by atoms with van der Waals surface area (Å²) in [4.78, 5) is 215. The molecule has 0 aliphatic carbocycles. The third-order valence-corrected chi connectivity index (χ3v) is 23.3. The number of urea groups is 2. The predicted octanol–water partition coefficient (Wildman–Crippen LogP) is 5.91. The van der Waals surface area contributed by atoms with E-state index in [1.807, 2.05) is 31.1 Å². The summed E-state index contributed by atoms with van der Waals surface area (Å²) >= 11 is 1.00. The average Bonchev–Trinajstić information content (AvgIpc) is 1.18. The van der Waals surface area contributed by atoms with Crippen molar-refractivity contribution in [3.63, 3.8) is 0 Å². The Morgan fingerprint density at radius 1 is 0.661 bits per heavy atom. The number of hydrogen-bond donors (Lipinski definition) is 16. The highest BCUT2D eigenvalue weighted by atomic mass is 33.1. The van der Waals surface area contributed by atoms with Gasteiger partial charge in [-0.15, -0.1) is 11.3 Å². The standard InChI is InChI=1S/C83H116N14O24S3/c1-10-19-70(105)120-47-97(78(111)71(49(5)11-2)93-76(110)64-23-16-18-35-96(64)9)65(48(3)4)43-66(121-52(8)98)77-90-63(46-122-77)75(109)87-57(39-54-28-30-58(99)31-29-54)38-50(6)72(106)94-95-83(118)119-36-37-123-124-45-51(7)86-73(107)61(40-53-20-13-12-14-21-53)89-74(108)62(42-69(103)104)88-67(100)41-55-24-26-56(27-25-55)44-85-81(116)84-34-17-15-22-59(79(112)113)91-82(117)92-60(80(114)115)32-33-68(101)102/h12-14,20-21,24-31,46,49-51,57,59-62,64-66,71,99H,3,10-11,15-19,22-23,32-45,47H2,1-2,4-9H3,(H,86,107)(H,87,109)(H,88,100)(H,89,108)(H,93,110)(H,94,106)(H,95,118)(H,101,102)(H,103,104)(H,112,113)(H,114,115)(H2,84,85,116)(H2,91,92,117)/t49-,50-,51+,57+,59-,60-,61-,62-,64+,65+,66+,71?/m0/s1. The molecule has 680 valence electrons. The SMILES string of the molecule is C=C(C)[C@@H](C[C@@H](OC(C)=O)c1nc(C(=O)N[C@@H](Cc2ccc(O)cc2)C[C@H](C)C(=O)NNC(=O)OCCSSC[C@@H](C)NC(=O)[C@H](Cc2ccccc2)NC(=O)[C@H](CC(=O)O)NC(=O)Cc2ccc(CNC(=O)NCCCC[C@H](NC(=O)N[C@@H](CCC(=O)O)C(=O)O)C(=O)O)cc2)cs1)N(COC(=O)CCC)C(=O)C(NC(=O)[C@H]1CCCCN1C)[C@@H](C)CC. The Kier molecular flexibility index (Phi) is 44.9. The summed E-state index contributed by atoms with van der Waals surface area (Å²) in [5.41, 5.74) is 7.33. The van der Waals surface area contributed by atoms with Crippen molar-refractivity contribution in [1.29, 1.82) is 0 Å². The van der Waals surface area contributed by atoms with Crippen molar-refractivity contribution < 1.29 is 116 Å². The van der Waals surface area contributed by atoms with Crippen LogP contribution in [0.2, 0.25) is 0 Å². The first-order valence-corrected chi connectivity index (χ1v) is 44.1. The fourth-order valence-corrected chi connectivity index (χ4v) is 15.8. The number of esters is 2. The van der Waals surface area contributed by atoms with Crippen molar-refractivity contribution in [3.05, 3.63) is 129 Å². The van der Waals surface area contributed by atoms with Crippen LogP contribution in [0, 0.1) is 11.8 Å². The van der Waals surface area contributed by atoms with Crippen LogP contribution in [0.4, 0.5) is 14.4 Å². The van der Waals surface area contributed by atoms with Crippen molar-refractivity contribution in [2.24, 2.45) is 11.8 Å². The summed E-state index contributed by atoms with van der Waals surface area (Å²) in [6.45, 7) is 16.1. The molecule has 1 aliphatic rings. The van der Waals surface area contributed by atoms with E-state index in [0.29, 0.717) is 65.8 Å². The largest absolute Gasteiger partial charge is 0.508 e.